The predicted molar refractivity (Wildman–Crippen MR) is 332 cm³/mol. The summed E-state index contributed by atoms with van der Waals surface area (Å²) in [4.78, 5) is 113. The third-order valence-electron chi connectivity index (χ3n) is 18.3. The van der Waals surface area contributed by atoms with Crippen LogP contribution in [0, 0.1) is 11.8 Å². The van der Waals surface area contributed by atoms with E-state index < -0.39 is 152 Å². The number of nitrogens with one attached hydrogen (secondary N) is 5. The third-order valence-corrected chi connectivity index (χ3v) is 19.3. The Balaban J connectivity index is 0.941. The summed E-state index contributed by atoms with van der Waals surface area (Å²) in [6.45, 7) is 7.13. The Morgan fingerprint density at radius 3 is 2.08 bits per heavy atom. The number of piperazine rings is 1. The fraction of sp³-hybridized carbons (Fsp3) is 0.581. The molecule has 1 saturated carbocycles. The van der Waals surface area contributed by atoms with Gasteiger partial charge in [-0.2, -0.15) is 0 Å². The van der Waals surface area contributed by atoms with Crippen molar-refractivity contribution in [2.75, 3.05) is 64.4 Å². The zero-order valence-electron chi connectivity index (χ0n) is 51.5. The van der Waals surface area contributed by atoms with Gasteiger partial charge in [0.25, 0.3) is 5.91 Å². The number of phenols is 1. The fourth-order valence-electron chi connectivity index (χ4n) is 12.9. The molecular formula is C62H85N13O15S. The number of aliphatic hydroxyl groups excluding tert-OH is 6. The molecule has 6 heterocycles. The van der Waals surface area contributed by atoms with E-state index in [1.54, 1.807) is 25.3 Å². The van der Waals surface area contributed by atoms with Crippen molar-refractivity contribution in [1.82, 2.24) is 56.5 Å². The SMILES string of the molecule is CCC1CCC(N2CCN(c3ccc(-c4nnc(-c5ccc(C(=O)NC6C[C@@H](O)CNC(=O)[C@@H]7[C@@H](O)[C@@H](C)CN7C(=O)[C@H]([C@H](O)CCN)NC(=O)[C@H]([C@H](O)Cc7ccc(O)c(OC)c7)NC(=O)[C@@H]7C[C@@H](O)CN7C(=O)[C@H]([C@@H](C)O)NC6=O)cc5)s4)cn3)CC2)CC1. The van der Waals surface area contributed by atoms with Crippen LogP contribution in [0.1, 0.15) is 88.1 Å². The molecule has 28 nitrogen and oxygen atoms in total. The number of phenolic OH excluding ortho intramolecular Hbond substituents is 1. The van der Waals surface area contributed by atoms with Crippen LogP contribution in [0.4, 0.5) is 5.82 Å². The first-order valence-corrected chi connectivity index (χ1v) is 32.0. The summed E-state index contributed by atoms with van der Waals surface area (Å²) in [6.07, 6.45) is -3.53. The normalized spacial score (nSPS) is 28.8. The van der Waals surface area contributed by atoms with Crippen LogP contribution in [0.5, 0.6) is 11.5 Å². The first kappa shape index (κ1) is 67.9. The van der Waals surface area contributed by atoms with Gasteiger partial charge in [-0.1, -0.05) is 49.8 Å². The summed E-state index contributed by atoms with van der Waals surface area (Å²) in [7, 11) is 1.28. The molecule has 29 heteroatoms. The van der Waals surface area contributed by atoms with Gasteiger partial charge in [0.2, 0.25) is 35.4 Å². The second kappa shape index (κ2) is 30.3. The Morgan fingerprint density at radius 2 is 1.43 bits per heavy atom. The quantitative estimate of drug-likeness (QED) is 0.0635. The van der Waals surface area contributed by atoms with Gasteiger partial charge in [-0.3, -0.25) is 38.5 Å². The van der Waals surface area contributed by atoms with Gasteiger partial charge in [0.15, 0.2) is 11.5 Å². The Bertz CT molecular complexity index is 3200. The number of aromatic nitrogens is 3. The zero-order valence-corrected chi connectivity index (χ0v) is 52.3. The molecule has 1 aliphatic carbocycles. The average molecular weight is 1280 g/mol. The lowest BCUT2D eigenvalue weighted by Gasteiger charge is -2.42. The number of rotatable bonds is 15. The van der Waals surface area contributed by atoms with Gasteiger partial charge in [0, 0.05) is 99.9 Å². The number of hydrogen-bond acceptors (Lipinski definition) is 22. The lowest BCUT2D eigenvalue weighted by atomic mass is 9.84. The van der Waals surface area contributed by atoms with Crippen LogP contribution in [0.2, 0.25) is 0 Å². The largest absolute Gasteiger partial charge is 0.504 e. The number of β-amino-alcohol motifs (C(OH)–C–C–N with tert-alkyl or cyclic N) is 1. The molecule has 4 aliphatic heterocycles. The zero-order chi connectivity index (χ0) is 65.4. The summed E-state index contributed by atoms with van der Waals surface area (Å²) >= 11 is 1.32. The molecule has 4 saturated heterocycles. The number of methoxy groups -OCH3 is 1. The van der Waals surface area contributed by atoms with Crippen molar-refractivity contribution in [2.24, 2.45) is 17.6 Å². The van der Waals surface area contributed by atoms with E-state index in [0.717, 1.165) is 60.2 Å². The first-order valence-electron chi connectivity index (χ1n) is 31.2. The highest BCUT2D eigenvalue weighted by molar-refractivity contribution is 7.17. The lowest BCUT2D eigenvalue weighted by molar-refractivity contribution is -0.147. The molecule has 4 aromatic rings. The highest BCUT2D eigenvalue weighted by Gasteiger charge is 2.50. The van der Waals surface area contributed by atoms with E-state index >= 15 is 0 Å². The Morgan fingerprint density at radius 1 is 0.769 bits per heavy atom. The van der Waals surface area contributed by atoms with E-state index in [2.05, 4.69) is 53.5 Å². The maximum atomic E-state index is 14.7. The molecule has 0 bridgehead atoms. The molecule has 9 rings (SSSR count). The molecular weight excluding hydrogens is 1200 g/mol. The summed E-state index contributed by atoms with van der Waals surface area (Å²) in [5, 5.41) is 101. The van der Waals surface area contributed by atoms with Crippen molar-refractivity contribution in [2.45, 2.75) is 157 Å². The first-order chi connectivity index (χ1) is 43.5. The van der Waals surface area contributed by atoms with E-state index in [0.29, 0.717) is 21.6 Å². The standard InChI is InChI=1S/C62H85N13O15S/c1-5-34-6-14-39(15-7-34)72-20-22-73(23-21-72)48-17-13-38(28-64-48)60-71-70-59(91-60)37-11-9-36(10-12-37)54(83)66-42-26-40(77)29-65-58(87)52-53(82)32(2)30-75(52)62(89)51(45(80)18-19-63)69-57(86)50(46(81)24-35-8-16-44(79)47(25-35)90-4)68-56(85)43-27-41(78)31-74(43)61(88)49(33(3)76)67-55(42)84/h8-13,16-17,25,28,32-34,39-43,45-46,49-53,76-82H,5-7,14-15,18-24,26-27,29-31,63H2,1-4H3,(H,65,87)(H,66,83)(H,67,84)(H,68,85)(H,69,86)/t32-,33+,34?,39?,40+,41+,42?,43-,45+,46+,49-,50-,51-,52-,53-/m0/s1. The molecule has 14 N–H and O–H groups in total. The van der Waals surface area contributed by atoms with Crippen LogP contribution < -0.4 is 42.0 Å². The molecule has 2 aromatic carbocycles. The van der Waals surface area contributed by atoms with Crippen LogP contribution in [-0.2, 0) is 35.2 Å². The van der Waals surface area contributed by atoms with Gasteiger partial charge >= 0.3 is 0 Å². The van der Waals surface area contributed by atoms with Crippen LogP contribution in [-0.4, -0.2) is 245 Å². The maximum Gasteiger partial charge on any atom is 0.251 e. The highest BCUT2D eigenvalue weighted by Crippen LogP contribution is 2.34. The molecule has 494 valence electrons. The molecule has 7 amide bonds. The van der Waals surface area contributed by atoms with Gasteiger partial charge in [0.05, 0.1) is 43.7 Å². The number of ether oxygens (including phenoxy) is 1. The van der Waals surface area contributed by atoms with Gasteiger partial charge in [0.1, 0.15) is 52.1 Å². The summed E-state index contributed by atoms with van der Waals surface area (Å²) < 4.78 is 5.20. The average Bonchev–Trinajstić information content (AvgIpc) is 1.81. The van der Waals surface area contributed by atoms with Crippen molar-refractivity contribution < 1.29 is 74.0 Å². The number of benzene rings is 2. The number of nitrogens with two attached hydrogens (primary N) is 1. The van der Waals surface area contributed by atoms with E-state index in [1.165, 1.54) is 80.9 Å². The number of nitrogens with zero attached hydrogens (tertiary/aromatic N) is 7. The topological polar surface area (TPSA) is 408 Å². The number of hydrogen-bond donors (Lipinski definition) is 13. The highest BCUT2D eigenvalue weighted by atomic mass is 32.1. The van der Waals surface area contributed by atoms with Crippen molar-refractivity contribution >= 4 is 58.5 Å². The number of aliphatic hydroxyl groups is 6. The minimum atomic E-state index is -2.02. The predicted octanol–water partition coefficient (Wildman–Crippen LogP) is -1.63. The number of amides is 7. The summed E-state index contributed by atoms with van der Waals surface area (Å²) in [5.41, 5.74) is 7.51. The molecule has 0 spiro atoms. The summed E-state index contributed by atoms with van der Waals surface area (Å²) in [5.74, 6) is -6.77. The molecule has 2 aromatic heterocycles. The van der Waals surface area contributed by atoms with E-state index in [4.69, 9.17) is 15.5 Å². The van der Waals surface area contributed by atoms with Crippen molar-refractivity contribution in [3.63, 3.8) is 0 Å². The van der Waals surface area contributed by atoms with E-state index in [1.807, 2.05) is 12.1 Å². The van der Waals surface area contributed by atoms with Gasteiger partial charge in [-0.05, 0) is 93.5 Å². The van der Waals surface area contributed by atoms with Crippen LogP contribution in [0.15, 0.2) is 60.8 Å². The monoisotopic (exact) mass is 1280 g/mol. The Kier molecular flexibility index (Phi) is 22.6. The second-order valence-corrected chi connectivity index (χ2v) is 25.6. The number of fused-ring (bicyclic) bond motifs is 2. The minimum absolute atomic E-state index is 0.00244. The lowest BCUT2D eigenvalue weighted by Crippen LogP contribution is -2.64. The molecule has 5 aliphatic rings. The fourth-order valence-corrected chi connectivity index (χ4v) is 13.7. The smallest absolute Gasteiger partial charge is 0.251 e. The van der Waals surface area contributed by atoms with Crippen molar-refractivity contribution in [3.05, 3.63) is 71.9 Å². The maximum absolute atomic E-state index is 14.7. The third kappa shape index (κ3) is 16.1. The second-order valence-electron chi connectivity index (χ2n) is 24.6. The van der Waals surface area contributed by atoms with Gasteiger partial charge in [-0.25, -0.2) is 4.98 Å². The number of carbonyl (C=O) groups is 7. The van der Waals surface area contributed by atoms with Crippen molar-refractivity contribution in [1.29, 1.82) is 0 Å². The van der Waals surface area contributed by atoms with Gasteiger partial charge < -0.3 is 87.5 Å². The van der Waals surface area contributed by atoms with Crippen LogP contribution in [0.3, 0.4) is 0 Å². The van der Waals surface area contributed by atoms with E-state index in [-0.39, 0.29) is 42.1 Å². The molecule has 5 fully saturated rings. The van der Waals surface area contributed by atoms with Gasteiger partial charge in [-0.15, -0.1) is 10.2 Å². The minimum Gasteiger partial charge on any atom is -0.504 e. The Hall–Kier alpha value is -7.48. The van der Waals surface area contributed by atoms with E-state index in [9.17, 15) is 69.3 Å². The Labute approximate surface area is 530 Å². The molecule has 13 atom stereocenters. The van der Waals surface area contributed by atoms with Crippen LogP contribution in [0.25, 0.3) is 21.1 Å². The number of pyridine rings is 1. The van der Waals surface area contributed by atoms with Crippen molar-refractivity contribution in [3.8, 4) is 32.6 Å². The number of carbonyl (C=O) groups excluding carboxylic acids is 7. The summed E-state index contributed by atoms with van der Waals surface area (Å²) in [6, 6.07) is 3.97. The molecule has 91 heavy (non-hydrogen) atoms. The molecule has 0 radical (unpaired) electrons. The number of anilines is 1. The van der Waals surface area contributed by atoms with Crippen LogP contribution >= 0.6 is 11.3 Å². The number of aromatic hydroxyl groups is 1. The molecule has 1 unspecified atom stereocenters.